The summed E-state index contributed by atoms with van der Waals surface area (Å²) < 4.78 is 5.58. The second kappa shape index (κ2) is 8.04. The second-order valence-electron chi connectivity index (χ2n) is 6.54. The molecule has 6 nitrogen and oxygen atoms in total. The van der Waals surface area contributed by atoms with Crippen LogP contribution in [-0.4, -0.2) is 41.7 Å². The number of carbonyl (C=O) groups is 2. The molecule has 0 radical (unpaired) electrons. The third-order valence-corrected chi connectivity index (χ3v) is 4.21. The Morgan fingerprint density at radius 2 is 2.12 bits per heavy atom. The monoisotopic (exact) mass is 334 g/mol. The maximum atomic E-state index is 12.5. The number of piperidine rings is 1. The molecule has 132 valence electrons. The number of carbonyl (C=O) groups excluding carboxylic acids is 1. The first kappa shape index (κ1) is 18.1. The summed E-state index contributed by atoms with van der Waals surface area (Å²) in [4.78, 5) is 25.3. The summed E-state index contributed by atoms with van der Waals surface area (Å²) in [6.45, 7) is 7.42. The summed E-state index contributed by atoms with van der Waals surface area (Å²) >= 11 is 0. The minimum Gasteiger partial charge on any atom is -0.494 e. The van der Waals surface area contributed by atoms with Crippen LogP contribution in [0.15, 0.2) is 18.2 Å². The highest BCUT2D eigenvalue weighted by molar-refractivity contribution is 5.90. The number of ether oxygens (including phenoxy) is 1. The minimum atomic E-state index is -0.840. The molecule has 1 aromatic rings. The molecule has 2 atom stereocenters. The predicted octanol–water partition coefficient (Wildman–Crippen LogP) is 3.36. The third-order valence-electron chi connectivity index (χ3n) is 4.21. The summed E-state index contributed by atoms with van der Waals surface area (Å²) in [6.07, 6.45) is 1.55. The fraction of sp³-hybridized carbons (Fsp3) is 0.556. The van der Waals surface area contributed by atoms with E-state index in [2.05, 4.69) is 5.32 Å². The van der Waals surface area contributed by atoms with Gasteiger partial charge < -0.3 is 20.1 Å². The van der Waals surface area contributed by atoms with Gasteiger partial charge in [0.15, 0.2) is 0 Å². The molecule has 0 bridgehead atoms. The summed E-state index contributed by atoms with van der Waals surface area (Å²) in [7, 11) is 0. The van der Waals surface area contributed by atoms with Crippen LogP contribution < -0.4 is 10.1 Å². The molecule has 1 fully saturated rings. The fourth-order valence-electron chi connectivity index (χ4n) is 2.98. The van der Waals surface area contributed by atoms with Gasteiger partial charge in [0, 0.05) is 18.8 Å². The number of likely N-dealkylation sites (tertiary alicyclic amines) is 1. The molecule has 24 heavy (non-hydrogen) atoms. The number of rotatable bonds is 5. The summed E-state index contributed by atoms with van der Waals surface area (Å²) in [5.41, 5.74) is 1.63. The van der Waals surface area contributed by atoms with E-state index in [1.807, 2.05) is 39.0 Å². The number of aryl methyl sites for hydroxylation is 1. The quantitative estimate of drug-likeness (QED) is 0.865. The van der Waals surface area contributed by atoms with Crippen LogP contribution in [0.5, 0.6) is 5.75 Å². The predicted molar refractivity (Wildman–Crippen MR) is 92.5 cm³/mol. The number of aliphatic carboxylic acids is 1. The average Bonchev–Trinajstić information content (AvgIpc) is 2.54. The standard InChI is InChI=1S/C18H26N2O4/c1-4-7-24-15-5-6-16(13(3)9-15)19-18(23)20-10-12(2)8-14(11-20)17(21)22/h5-6,9,12,14H,4,7-8,10-11H2,1-3H3,(H,19,23)(H,21,22). The van der Waals surface area contributed by atoms with Gasteiger partial charge >= 0.3 is 12.0 Å². The van der Waals surface area contributed by atoms with Gasteiger partial charge in [-0.25, -0.2) is 4.79 Å². The van der Waals surface area contributed by atoms with Gasteiger partial charge in [-0.3, -0.25) is 4.79 Å². The van der Waals surface area contributed by atoms with E-state index in [9.17, 15) is 14.7 Å². The van der Waals surface area contributed by atoms with Crippen LogP contribution in [0.25, 0.3) is 0 Å². The van der Waals surface area contributed by atoms with Gasteiger partial charge in [-0.1, -0.05) is 13.8 Å². The van der Waals surface area contributed by atoms with E-state index in [0.29, 0.717) is 25.3 Å². The first-order valence-corrected chi connectivity index (χ1v) is 8.42. The van der Waals surface area contributed by atoms with Gasteiger partial charge in [-0.2, -0.15) is 0 Å². The fourth-order valence-corrected chi connectivity index (χ4v) is 2.98. The molecule has 0 aromatic heterocycles. The lowest BCUT2D eigenvalue weighted by Gasteiger charge is -2.34. The van der Waals surface area contributed by atoms with E-state index >= 15 is 0 Å². The Bertz CT molecular complexity index is 603. The lowest BCUT2D eigenvalue weighted by molar-refractivity contribution is -0.143. The average molecular weight is 334 g/mol. The van der Waals surface area contributed by atoms with Crippen molar-refractivity contribution >= 4 is 17.7 Å². The Labute approximate surface area is 142 Å². The first-order chi connectivity index (χ1) is 11.4. The first-order valence-electron chi connectivity index (χ1n) is 8.42. The Morgan fingerprint density at radius 1 is 1.38 bits per heavy atom. The number of amides is 2. The van der Waals surface area contributed by atoms with Crippen molar-refractivity contribution in [2.24, 2.45) is 11.8 Å². The minimum absolute atomic E-state index is 0.177. The van der Waals surface area contributed by atoms with Crippen molar-refractivity contribution in [2.45, 2.75) is 33.6 Å². The number of nitrogens with zero attached hydrogens (tertiary/aromatic N) is 1. The molecule has 2 amide bonds. The Balaban J connectivity index is 2.02. The van der Waals surface area contributed by atoms with E-state index in [0.717, 1.165) is 17.7 Å². The number of carboxylic acids is 1. The zero-order chi connectivity index (χ0) is 17.7. The highest BCUT2D eigenvalue weighted by atomic mass is 16.5. The van der Waals surface area contributed by atoms with Crippen molar-refractivity contribution in [1.82, 2.24) is 4.90 Å². The topological polar surface area (TPSA) is 78.9 Å². The Morgan fingerprint density at radius 3 is 2.75 bits per heavy atom. The largest absolute Gasteiger partial charge is 0.494 e. The number of carboxylic acid groups (broad SMARTS) is 1. The molecular formula is C18H26N2O4. The molecule has 0 aliphatic carbocycles. The van der Waals surface area contributed by atoms with Crippen LogP contribution in [0, 0.1) is 18.8 Å². The third kappa shape index (κ3) is 4.63. The van der Waals surface area contributed by atoms with Crippen LogP contribution in [-0.2, 0) is 4.79 Å². The van der Waals surface area contributed by atoms with Gasteiger partial charge in [-0.15, -0.1) is 0 Å². The van der Waals surface area contributed by atoms with Crippen LogP contribution in [0.2, 0.25) is 0 Å². The summed E-state index contributed by atoms with van der Waals surface area (Å²) in [6, 6.07) is 5.29. The number of hydrogen-bond acceptors (Lipinski definition) is 3. The Hall–Kier alpha value is -2.24. The van der Waals surface area contributed by atoms with Gasteiger partial charge in [0.05, 0.1) is 12.5 Å². The normalized spacial score (nSPS) is 20.5. The number of nitrogens with one attached hydrogen (secondary N) is 1. The number of hydrogen-bond donors (Lipinski definition) is 2. The maximum absolute atomic E-state index is 12.5. The second-order valence-corrected chi connectivity index (χ2v) is 6.54. The van der Waals surface area contributed by atoms with E-state index in [4.69, 9.17) is 4.74 Å². The van der Waals surface area contributed by atoms with Gasteiger partial charge in [0.2, 0.25) is 0 Å². The maximum Gasteiger partial charge on any atom is 0.321 e. The van der Waals surface area contributed by atoms with Gasteiger partial charge in [0.25, 0.3) is 0 Å². The van der Waals surface area contributed by atoms with Crippen molar-refractivity contribution in [2.75, 3.05) is 25.0 Å². The molecule has 1 aliphatic rings. The molecule has 1 aliphatic heterocycles. The molecular weight excluding hydrogens is 308 g/mol. The van der Waals surface area contributed by atoms with Crippen molar-refractivity contribution in [3.05, 3.63) is 23.8 Å². The molecule has 1 heterocycles. The number of urea groups is 1. The van der Waals surface area contributed by atoms with E-state index in [1.54, 1.807) is 4.90 Å². The number of anilines is 1. The van der Waals surface area contributed by atoms with Crippen LogP contribution in [0.3, 0.4) is 0 Å². The highest BCUT2D eigenvalue weighted by Gasteiger charge is 2.32. The summed E-state index contributed by atoms with van der Waals surface area (Å²) in [5.74, 6) is -0.375. The van der Waals surface area contributed by atoms with E-state index < -0.39 is 11.9 Å². The molecule has 1 aromatic carbocycles. The zero-order valence-corrected chi connectivity index (χ0v) is 14.5. The molecule has 6 heteroatoms. The molecule has 2 rings (SSSR count). The molecule has 2 unspecified atom stereocenters. The smallest absolute Gasteiger partial charge is 0.321 e. The lowest BCUT2D eigenvalue weighted by atomic mass is 9.91. The van der Waals surface area contributed by atoms with Crippen LogP contribution >= 0.6 is 0 Å². The molecule has 0 spiro atoms. The SMILES string of the molecule is CCCOc1ccc(NC(=O)N2CC(C)CC(C(=O)O)C2)c(C)c1. The van der Waals surface area contributed by atoms with Crippen molar-refractivity contribution in [3.63, 3.8) is 0 Å². The molecule has 2 N–H and O–H groups in total. The van der Waals surface area contributed by atoms with Gasteiger partial charge in [0.1, 0.15) is 5.75 Å². The van der Waals surface area contributed by atoms with Crippen molar-refractivity contribution < 1.29 is 19.4 Å². The van der Waals surface area contributed by atoms with Crippen LogP contribution in [0.4, 0.5) is 10.5 Å². The zero-order valence-electron chi connectivity index (χ0n) is 14.5. The summed E-state index contributed by atoms with van der Waals surface area (Å²) in [5, 5.41) is 12.1. The van der Waals surface area contributed by atoms with Gasteiger partial charge in [-0.05, 0) is 49.4 Å². The molecule has 0 saturated carbocycles. The highest BCUT2D eigenvalue weighted by Crippen LogP contribution is 2.25. The van der Waals surface area contributed by atoms with E-state index in [1.165, 1.54) is 0 Å². The number of benzene rings is 1. The molecule has 1 saturated heterocycles. The van der Waals surface area contributed by atoms with Crippen molar-refractivity contribution in [1.29, 1.82) is 0 Å². The van der Waals surface area contributed by atoms with E-state index in [-0.39, 0.29) is 18.5 Å². The lowest BCUT2D eigenvalue weighted by Crippen LogP contribution is -2.47. The van der Waals surface area contributed by atoms with Crippen LogP contribution in [0.1, 0.15) is 32.3 Å². The van der Waals surface area contributed by atoms with Crippen molar-refractivity contribution in [3.8, 4) is 5.75 Å². The Kier molecular flexibility index (Phi) is 6.06.